The summed E-state index contributed by atoms with van der Waals surface area (Å²) in [6.45, 7) is 6.87. The summed E-state index contributed by atoms with van der Waals surface area (Å²) in [5, 5.41) is 11.4. The maximum Gasteiger partial charge on any atom is 0.0807 e. The van der Waals surface area contributed by atoms with Crippen molar-refractivity contribution in [1.29, 1.82) is 0 Å². The molecule has 0 atom stereocenters. The SMILES string of the molecule is OC1(CN2CCc3ccccc3C2)CCN(c2cc[c]cc2N2CCSCC2)CC1. The van der Waals surface area contributed by atoms with Gasteiger partial charge in [0.2, 0.25) is 0 Å². The van der Waals surface area contributed by atoms with Gasteiger partial charge in [0.1, 0.15) is 0 Å². The largest absolute Gasteiger partial charge is 0.388 e. The van der Waals surface area contributed by atoms with Crippen LogP contribution in [-0.4, -0.2) is 66.4 Å². The van der Waals surface area contributed by atoms with E-state index in [0.717, 1.165) is 65.1 Å². The summed E-state index contributed by atoms with van der Waals surface area (Å²) in [6.07, 6.45) is 2.76. The van der Waals surface area contributed by atoms with E-state index in [1.165, 1.54) is 34.0 Å². The molecule has 3 aliphatic rings. The number of aliphatic hydroxyl groups is 1. The van der Waals surface area contributed by atoms with Crippen LogP contribution in [0.1, 0.15) is 24.0 Å². The Morgan fingerprint density at radius 1 is 0.900 bits per heavy atom. The molecule has 2 fully saturated rings. The predicted molar refractivity (Wildman–Crippen MR) is 127 cm³/mol. The highest BCUT2D eigenvalue weighted by molar-refractivity contribution is 7.99. The molecule has 1 radical (unpaired) electrons. The van der Waals surface area contributed by atoms with Gasteiger partial charge in [0.25, 0.3) is 0 Å². The molecule has 3 heterocycles. The molecular formula is C25H32N3OS. The number of rotatable bonds is 4. The van der Waals surface area contributed by atoms with E-state index in [4.69, 9.17) is 0 Å². The first-order valence-corrected chi connectivity index (χ1v) is 12.4. The molecule has 0 amide bonds. The Morgan fingerprint density at radius 3 is 2.43 bits per heavy atom. The van der Waals surface area contributed by atoms with Gasteiger partial charge in [-0.3, -0.25) is 4.90 Å². The Kier molecular flexibility index (Phi) is 5.94. The summed E-state index contributed by atoms with van der Waals surface area (Å²) in [5.74, 6) is 2.40. The van der Waals surface area contributed by atoms with E-state index >= 15 is 0 Å². The number of hydrogen-bond acceptors (Lipinski definition) is 5. The van der Waals surface area contributed by atoms with Crippen molar-refractivity contribution in [1.82, 2.24) is 4.90 Å². The molecule has 5 rings (SSSR count). The Bertz CT molecular complexity index is 859. The van der Waals surface area contributed by atoms with Crippen LogP contribution in [0.3, 0.4) is 0 Å². The van der Waals surface area contributed by atoms with Crippen LogP contribution in [0.4, 0.5) is 11.4 Å². The van der Waals surface area contributed by atoms with Crippen LogP contribution in [0.15, 0.2) is 42.5 Å². The zero-order chi connectivity index (χ0) is 20.4. The third-order valence-corrected chi connectivity index (χ3v) is 7.88. The second-order valence-electron chi connectivity index (χ2n) is 8.95. The van der Waals surface area contributed by atoms with Crippen molar-refractivity contribution in [3.63, 3.8) is 0 Å². The summed E-state index contributed by atoms with van der Waals surface area (Å²) < 4.78 is 0. The minimum atomic E-state index is -0.578. The van der Waals surface area contributed by atoms with Crippen molar-refractivity contribution in [3.05, 3.63) is 59.7 Å². The third kappa shape index (κ3) is 4.34. The van der Waals surface area contributed by atoms with Gasteiger partial charge in [-0.15, -0.1) is 0 Å². The van der Waals surface area contributed by atoms with E-state index in [0.29, 0.717) is 0 Å². The molecule has 2 aromatic carbocycles. The molecule has 0 aliphatic carbocycles. The van der Waals surface area contributed by atoms with E-state index in [9.17, 15) is 5.11 Å². The van der Waals surface area contributed by atoms with Gasteiger partial charge in [-0.05, 0) is 48.6 Å². The Labute approximate surface area is 184 Å². The molecule has 5 heteroatoms. The molecule has 1 N–H and O–H groups in total. The number of anilines is 2. The first kappa shape index (κ1) is 20.2. The first-order valence-electron chi connectivity index (χ1n) is 11.3. The van der Waals surface area contributed by atoms with Crippen molar-refractivity contribution < 1.29 is 5.11 Å². The maximum absolute atomic E-state index is 11.4. The van der Waals surface area contributed by atoms with Gasteiger partial charge in [0, 0.05) is 57.3 Å². The molecule has 2 aromatic rings. The lowest BCUT2D eigenvalue weighted by molar-refractivity contribution is -0.0194. The van der Waals surface area contributed by atoms with Crippen molar-refractivity contribution >= 4 is 23.1 Å². The maximum atomic E-state index is 11.4. The van der Waals surface area contributed by atoms with Crippen molar-refractivity contribution in [2.24, 2.45) is 0 Å². The fraction of sp³-hybridized carbons (Fsp3) is 0.520. The van der Waals surface area contributed by atoms with E-state index in [2.05, 4.69) is 57.2 Å². The number of benzene rings is 2. The fourth-order valence-corrected chi connectivity index (χ4v) is 6.07. The van der Waals surface area contributed by atoms with Crippen LogP contribution >= 0.6 is 11.8 Å². The third-order valence-electron chi connectivity index (χ3n) is 6.93. The lowest BCUT2D eigenvalue weighted by Crippen LogP contribution is -2.52. The second kappa shape index (κ2) is 8.81. The van der Waals surface area contributed by atoms with Gasteiger partial charge in [-0.25, -0.2) is 0 Å². The molecule has 2 saturated heterocycles. The summed E-state index contributed by atoms with van der Waals surface area (Å²) in [7, 11) is 0. The zero-order valence-corrected chi connectivity index (χ0v) is 18.5. The molecule has 0 spiro atoms. The Hall–Kier alpha value is -1.69. The molecule has 0 aromatic heterocycles. The van der Waals surface area contributed by atoms with Crippen LogP contribution < -0.4 is 9.80 Å². The van der Waals surface area contributed by atoms with E-state index in [1.807, 2.05) is 17.8 Å². The topological polar surface area (TPSA) is 30.0 Å². The smallest absolute Gasteiger partial charge is 0.0807 e. The molecule has 0 saturated carbocycles. The summed E-state index contributed by atoms with van der Waals surface area (Å²) in [4.78, 5) is 7.44. The average Bonchev–Trinajstić information content (AvgIpc) is 2.80. The lowest BCUT2D eigenvalue weighted by atomic mass is 9.89. The molecule has 3 aliphatic heterocycles. The zero-order valence-electron chi connectivity index (χ0n) is 17.7. The summed E-state index contributed by atoms with van der Waals surface area (Å²) in [6, 6.07) is 18.4. The van der Waals surface area contributed by atoms with Crippen molar-refractivity contribution in [2.45, 2.75) is 31.4 Å². The number of nitrogens with zero attached hydrogens (tertiary/aromatic N) is 3. The van der Waals surface area contributed by atoms with Gasteiger partial charge < -0.3 is 14.9 Å². The van der Waals surface area contributed by atoms with Crippen molar-refractivity contribution in [3.8, 4) is 0 Å². The van der Waals surface area contributed by atoms with E-state index in [1.54, 1.807) is 0 Å². The van der Waals surface area contributed by atoms with Crippen LogP contribution in [0, 0.1) is 6.07 Å². The average molecular weight is 423 g/mol. The van der Waals surface area contributed by atoms with Gasteiger partial charge in [0.05, 0.1) is 17.0 Å². The monoisotopic (exact) mass is 422 g/mol. The summed E-state index contributed by atoms with van der Waals surface area (Å²) >= 11 is 2.04. The van der Waals surface area contributed by atoms with Gasteiger partial charge in [-0.2, -0.15) is 11.8 Å². The highest BCUT2D eigenvalue weighted by Gasteiger charge is 2.35. The van der Waals surface area contributed by atoms with E-state index < -0.39 is 5.60 Å². The molecule has 30 heavy (non-hydrogen) atoms. The highest BCUT2D eigenvalue weighted by Crippen LogP contribution is 2.35. The highest BCUT2D eigenvalue weighted by atomic mass is 32.2. The number of piperidine rings is 1. The van der Waals surface area contributed by atoms with Crippen LogP contribution in [0.25, 0.3) is 0 Å². The van der Waals surface area contributed by atoms with E-state index in [-0.39, 0.29) is 0 Å². The molecule has 159 valence electrons. The molecule has 0 bridgehead atoms. The predicted octanol–water partition coefficient (Wildman–Crippen LogP) is 3.43. The second-order valence-corrected chi connectivity index (χ2v) is 10.2. The molecule has 4 nitrogen and oxygen atoms in total. The Balaban J connectivity index is 1.22. The minimum absolute atomic E-state index is 0.578. The van der Waals surface area contributed by atoms with Gasteiger partial charge >= 0.3 is 0 Å². The quantitative estimate of drug-likeness (QED) is 0.816. The van der Waals surface area contributed by atoms with Crippen LogP contribution in [0.5, 0.6) is 0 Å². The normalized spacial score (nSPS) is 22.0. The number of β-amino-alcohol motifs (C(OH)–C–C–N with tert-alkyl or cyclic N) is 1. The molecule has 0 unspecified atom stereocenters. The molecular weight excluding hydrogens is 390 g/mol. The minimum Gasteiger partial charge on any atom is -0.388 e. The Morgan fingerprint density at radius 2 is 1.63 bits per heavy atom. The number of fused-ring (bicyclic) bond motifs is 1. The lowest BCUT2D eigenvalue weighted by Gasteiger charge is -2.43. The fourth-order valence-electron chi connectivity index (χ4n) is 5.17. The van der Waals surface area contributed by atoms with Gasteiger partial charge in [-0.1, -0.05) is 30.3 Å². The van der Waals surface area contributed by atoms with Crippen LogP contribution in [-0.2, 0) is 13.0 Å². The standard InChI is InChI=1S/C25H32N3OS/c29-25(20-26-12-9-21-5-1-2-6-22(21)19-26)10-13-27(14-11-25)23-7-3-4-8-24(23)28-15-17-30-18-16-28/h1-3,5-8,29H,9-20H2. The first-order chi connectivity index (χ1) is 14.7. The number of thioether (sulfide) groups is 1. The van der Waals surface area contributed by atoms with Gasteiger partial charge in [0.15, 0.2) is 0 Å². The van der Waals surface area contributed by atoms with Crippen molar-refractivity contribution in [2.75, 3.05) is 60.6 Å². The summed E-state index contributed by atoms with van der Waals surface area (Å²) in [5.41, 5.74) is 4.95. The van der Waals surface area contributed by atoms with Crippen LogP contribution in [0.2, 0.25) is 0 Å². The number of hydrogen-bond donors (Lipinski definition) is 1.